The number of nitriles is 1. The van der Waals surface area contributed by atoms with E-state index in [1.54, 1.807) is 0 Å². The van der Waals surface area contributed by atoms with Crippen LogP contribution in [0.25, 0.3) is 0 Å². The van der Waals surface area contributed by atoms with Gasteiger partial charge in [-0.3, -0.25) is 0 Å². The summed E-state index contributed by atoms with van der Waals surface area (Å²) in [5, 5.41) is 8.79. The number of hydrogen-bond acceptors (Lipinski definition) is 3. The molecule has 0 bridgehead atoms. The predicted octanol–water partition coefficient (Wildman–Crippen LogP) is 3.11. The van der Waals surface area contributed by atoms with Crippen LogP contribution in [0.5, 0.6) is 0 Å². The number of rotatable bonds is 2. The van der Waals surface area contributed by atoms with Crippen molar-refractivity contribution < 1.29 is 0 Å². The lowest BCUT2D eigenvalue weighted by Gasteiger charge is -2.31. The molecule has 1 saturated heterocycles. The third-order valence-electron chi connectivity index (χ3n) is 4.44. The molecule has 3 nitrogen and oxygen atoms in total. The number of aromatic nitrogens is 1. The lowest BCUT2D eigenvalue weighted by atomic mass is 9.96. The van der Waals surface area contributed by atoms with Crippen LogP contribution >= 0.6 is 0 Å². The van der Waals surface area contributed by atoms with Crippen molar-refractivity contribution in [1.29, 1.82) is 5.26 Å². The fraction of sp³-hybridized carbons (Fsp3) is 0.600. The quantitative estimate of drug-likeness (QED) is 0.798. The molecule has 2 heterocycles. The molecule has 0 radical (unpaired) electrons. The number of pyridine rings is 1. The van der Waals surface area contributed by atoms with Gasteiger partial charge in [0.15, 0.2) is 0 Å². The third-order valence-corrected chi connectivity index (χ3v) is 4.44. The second-order valence-electron chi connectivity index (χ2n) is 5.46. The summed E-state index contributed by atoms with van der Waals surface area (Å²) in [5.41, 5.74) is 1.71. The van der Waals surface area contributed by atoms with E-state index in [0.29, 0.717) is 11.7 Å². The lowest BCUT2D eigenvalue weighted by Crippen LogP contribution is -2.34. The Bertz CT molecular complexity index is 440. The maximum absolute atomic E-state index is 8.79. The van der Waals surface area contributed by atoms with Gasteiger partial charge in [0.1, 0.15) is 11.8 Å². The van der Waals surface area contributed by atoms with Crippen LogP contribution in [0.3, 0.4) is 0 Å². The highest BCUT2D eigenvalue weighted by Crippen LogP contribution is 2.37. The van der Waals surface area contributed by atoms with Gasteiger partial charge in [-0.05, 0) is 43.7 Å². The van der Waals surface area contributed by atoms with Gasteiger partial charge >= 0.3 is 0 Å². The molecule has 1 unspecified atom stereocenters. The van der Waals surface area contributed by atoms with E-state index in [1.807, 2.05) is 12.3 Å². The summed E-state index contributed by atoms with van der Waals surface area (Å²) in [6.45, 7) is 1.15. The summed E-state index contributed by atoms with van der Waals surface area (Å²) in [7, 11) is 0. The van der Waals surface area contributed by atoms with E-state index >= 15 is 0 Å². The van der Waals surface area contributed by atoms with Gasteiger partial charge in [0.05, 0.1) is 11.9 Å². The largest absolute Gasteiger partial charge is 0.367 e. The Morgan fingerprint density at radius 3 is 2.67 bits per heavy atom. The normalized spacial score (nSPS) is 24.4. The first-order valence-corrected chi connectivity index (χ1v) is 7.01. The Morgan fingerprint density at radius 2 is 2.00 bits per heavy atom. The van der Waals surface area contributed by atoms with Crippen molar-refractivity contribution in [3.8, 4) is 6.07 Å². The molecule has 3 heteroatoms. The molecule has 1 aromatic heterocycles. The van der Waals surface area contributed by atoms with Crippen LogP contribution < -0.4 is 4.90 Å². The molecule has 2 fully saturated rings. The monoisotopic (exact) mass is 241 g/mol. The highest BCUT2D eigenvalue weighted by molar-refractivity contribution is 5.48. The third kappa shape index (κ3) is 2.08. The Hall–Kier alpha value is -1.56. The number of hydrogen-bond donors (Lipinski definition) is 0. The van der Waals surface area contributed by atoms with Crippen molar-refractivity contribution in [2.45, 2.75) is 44.6 Å². The second kappa shape index (κ2) is 4.97. The molecule has 1 aliphatic carbocycles. The molecule has 1 atom stereocenters. The summed E-state index contributed by atoms with van der Waals surface area (Å²) in [5.74, 6) is 0.878. The molecule has 94 valence electrons. The summed E-state index contributed by atoms with van der Waals surface area (Å²) < 4.78 is 0. The van der Waals surface area contributed by atoms with Crippen molar-refractivity contribution in [3.63, 3.8) is 0 Å². The first-order chi connectivity index (χ1) is 8.88. The van der Waals surface area contributed by atoms with Crippen LogP contribution in [0.4, 0.5) is 5.69 Å². The van der Waals surface area contributed by atoms with E-state index < -0.39 is 0 Å². The smallest absolute Gasteiger partial charge is 0.140 e. The van der Waals surface area contributed by atoms with Crippen LogP contribution in [0, 0.1) is 17.2 Å². The molecule has 0 spiro atoms. The Morgan fingerprint density at radius 1 is 1.17 bits per heavy atom. The summed E-state index contributed by atoms with van der Waals surface area (Å²) in [6, 6.07) is 6.68. The lowest BCUT2D eigenvalue weighted by molar-refractivity contribution is 0.430. The van der Waals surface area contributed by atoms with Gasteiger partial charge in [0.25, 0.3) is 0 Å². The van der Waals surface area contributed by atoms with Crippen LogP contribution in [0.15, 0.2) is 18.3 Å². The average molecular weight is 241 g/mol. The Kier molecular flexibility index (Phi) is 3.19. The molecule has 2 aliphatic rings. The molecule has 0 aromatic carbocycles. The van der Waals surface area contributed by atoms with E-state index in [1.165, 1.54) is 44.2 Å². The molecule has 1 aromatic rings. The fourth-order valence-corrected chi connectivity index (χ4v) is 3.57. The van der Waals surface area contributed by atoms with Crippen molar-refractivity contribution in [2.24, 2.45) is 5.92 Å². The minimum atomic E-state index is 0.510. The first kappa shape index (κ1) is 11.5. The number of nitrogens with zero attached hydrogens (tertiary/aromatic N) is 3. The highest BCUT2D eigenvalue weighted by atomic mass is 15.2. The number of anilines is 1. The topological polar surface area (TPSA) is 39.9 Å². The summed E-state index contributed by atoms with van der Waals surface area (Å²) in [4.78, 5) is 6.72. The second-order valence-corrected chi connectivity index (χ2v) is 5.46. The molecule has 1 aliphatic heterocycles. The van der Waals surface area contributed by atoms with Gasteiger partial charge in [-0.2, -0.15) is 5.26 Å². The molecule has 18 heavy (non-hydrogen) atoms. The van der Waals surface area contributed by atoms with Gasteiger partial charge < -0.3 is 4.90 Å². The van der Waals surface area contributed by atoms with Crippen molar-refractivity contribution in [2.75, 3.05) is 11.4 Å². The van der Waals surface area contributed by atoms with E-state index in [0.717, 1.165) is 12.5 Å². The standard InChI is InChI=1S/C15H19N3/c16-10-13-7-8-14(11-17-13)18-9-3-6-15(18)12-4-1-2-5-12/h7-8,11-12,15H,1-6,9H2. The Labute approximate surface area is 108 Å². The molecular weight excluding hydrogens is 222 g/mol. The maximum atomic E-state index is 8.79. The molecule has 0 amide bonds. The van der Waals surface area contributed by atoms with Gasteiger partial charge in [-0.25, -0.2) is 4.98 Å². The Balaban J connectivity index is 1.79. The predicted molar refractivity (Wildman–Crippen MR) is 71.3 cm³/mol. The van der Waals surface area contributed by atoms with Gasteiger partial charge in [0, 0.05) is 12.6 Å². The molecule has 0 N–H and O–H groups in total. The highest BCUT2D eigenvalue weighted by Gasteiger charge is 2.33. The SMILES string of the molecule is N#Cc1ccc(N2CCCC2C2CCCC2)cn1. The fourth-order valence-electron chi connectivity index (χ4n) is 3.57. The average Bonchev–Trinajstić information content (AvgIpc) is 3.09. The van der Waals surface area contributed by atoms with Gasteiger partial charge in [0.2, 0.25) is 0 Å². The zero-order valence-corrected chi connectivity index (χ0v) is 10.7. The molecule has 3 rings (SSSR count). The zero-order chi connectivity index (χ0) is 12.4. The van der Waals surface area contributed by atoms with Gasteiger partial charge in [-0.15, -0.1) is 0 Å². The molecular formula is C15H19N3. The van der Waals surface area contributed by atoms with E-state index in [2.05, 4.69) is 22.0 Å². The van der Waals surface area contributed by atoms with E-state index in [9.17, 15) is 0 Å². The van der Waals surface area contributed by atoms with E-state index in [4.69, 9.17) is 5.26 Å². The van der Waals surface area contributed by atoms with Crippen LogP contribution in [-0.4, -0.2) is 17.6 Å². The van der Waals surface area contributed by atoms with Gasteiger partial charge in [-0.1, -0.05) is 12.8 Å². The zero-order valence-electron chi connectivity index (χ0n) is 10.7. The summed E-state index contributed by atoms with van der Waals surface area (Å²) in [6.07, 6.45) is 10.1. The van der Waals surface area contributed by atoms with Crippen LogP contribution in [0.1, 0.15) is 44.2 Å². The maximum Gasteiger partial charge on any atom is 0.140 e. The first-order valence-electron chi connectivity index (χ1n) is 7.01. The van der Waals surface area contributed by atoms with Crippen molar-refractivity contribution in [1.82, 2.24) is 4.98 Å². The minimum Gasteiger partial charge on any atom is -0.367 e. The van der Waals surface area contributed by atoms with Crippen LogP contribution in [-0.2, 0) is 0 Å². The summed E-state index contributed by atoms with van der Waals surface area (Å²) >= 11 is 0. The van der Waals surface area contributed by atoms with Crippen molar-refractivity contribution in [3.05, 3.63) is 24.0 Å². The molecule has 1 saturated carbocycles. The van der Waals surface area contributed by atoms with Crippen molar-refractivity contribution >= 4 is 5.69 Å². The van der Waals surface area contributed by atoms with Crippen LogP contribution in [0.2, 0.25) is 0 Å². The minimum absolute atomic E-state index is 0.510. The van der Waals surface area contributed by atoms with E-state index in [-0.39, 0.29) is 0 Å².